The van der Waals surface area contributed by atoms with Crippen molar-refractivity contribution in [1.82, 2.24) is 10.6 Å². The van der Waals surface area contributed by atoms with Crippen LogP contribution in [-0.2, 0) is 6.54 Å². The summed E-state index contributed by atoms with van der Waals surface area (Å²) in [5.74, 6) is -1.06. The summed E-state index contributed by atoms with van der Waals surface area (Å²) in [4.78, 5) is 23.4. The molecule has 0 spiro atoms. The molecule has 2 rings (SSSR count). The van der Waals surface area contributed by atoms with E-state index in [0.717, 1.165) is 11.6 Å². The highest BCUT2D eigenvalue weighted by molar-refractivity contribution is 6.33. The third kappa shape index (κ3) is 3.83. The van der Waals surface area contributed by atoms with Crippen molar-refractivity contribution in [3.63, 3.8) is 0 Å². The average molecular weight is 321 g/mol. The van der Waals surface area contributed by atoms with Crippen molar-refractivity contribution in [2.45, 2.75) is 6.54 Å². The molecule has 22 heavy (non-hydrogen) atoms. The lowest BCUT2D eigenvalue weighted by Crippen LogP contribution is -2.23. The van der Waals surface area contributed by atoms with Crippen LogP contribution in [0.3, 0.4) is 0 Å². The monoisotopic (exact) mass is 320 g/mol. The number of amides is 2. The second-order valence-corrected chi connectivity index (χ2v) is 4.99. The predicted molar refractivity (Wildman–Crippen MR) is 82.4 cm³/mol. The first kappa shape index (κ1) is 16.0. The SMILES string of the molecule is CNC(=O)c1ccc(CNC(=O)c2ccc(F)cc2Cl)cc1. The van der Waals surface area contributed by atoms with Gasteiger partial charge in [0.15, 0.2) is 0 Å². The van der Waals surface area contributed by atoms with Crippen LogP contribution in [0.15, 0.2) is 42.5 Å². The summed E-state index contributed by atoms with van der Waals surface area (Å²) < 4.78 is 12.9. The van der Waals surface area contributed by atoms with Gasteiger partial charge in [0, 0.05) is 19.2 Å². The molecule has 0 atom stereocenters. The lowest BCUT2D eigenvalue weighted by atomic mass is 10.1. The van der Waals surface area contributed by atoms with E-state index in [2.05, 4.69) is 10.6 Å². The highest BCUT2D eigenvalue weighted by atomic mass is 35.5. The average Bonchev–Trinajstić information content (AvgIpc) is 2.52. The zero-order valence-corrected chi connectivity index (χ0v) is 12.6. The number of hydrogen-bond acceptors (Lipinski definition) is 2. The van der Waals surface area contributed by atoms with Crippen molar-refractivity contribution in [2.24, 2.45) is 0 Å². The zero-order chi connectivity index (χ0) is 16.1. The molecule has 0 bridgehead atoms. The minimum absolute atomic E-state index is 0.0625. The molecule has 0 aromatic heterocycles. The molecule has 0 fully saturated rings. The molecule has 0 aliphatic rings. The molecule has 0 saturated heterocycles. The van der Waals surface area contributed by atoms with Gasteiger partial charge in [-0.3, -0.25) is 9.59 Å². The Hall–Kier alpha value is -2.40. The fourth-order valence-electron chi connectivity index (χ4n) is 1.87. The van der Waals surface area contributed by atoms with Crippen molar-refractivity contribution >= 4 is 23.4 Å². The fourth-order valence-corrected chi connectivity index (χ4v) is 2.12. The first-order valence-electron chi connectivity index (χ1n) is 6.55. The molecule has 2 amide bonds. The van der Waals surface area contributed by atoms with E-state index in [1.54, 1.807) is 31.3 Å². The van der Waals surface area contributed by atoms with Crippen LogP contribution in [0.25, 0.3) is 0 Å². The molecular weight excluding hydrogens is 307 g/mol. The van der Waals surface area contributed by atoms with Crippen LogP contribution in [0.4, 0.5) is 4.39 Å². The van der Waals surface area contributed by atoms with Gasteiger partial charge in [0.25, 0.3) is 11.8 Å². The highest BCUT2D eigenvalue weighted by Crippen LogP contribution is 2.17. The van der Waals surface area contributed by atoms with Gasteiger partial charge in [-0.25, -0.2) is 4.39 Å². The van der Waals surface area contributed by atoms with Gasteiger partial charge < -0.3 is 10.6 Å². The van der Waals surface area contributed by atoms with Gasteiger partial charge in [0.1, 0.15) is 5.82 Å². The van der Waals surface area contributed by atoms with Crippen LogP contribution in [-0.4, -0.2) is 18.9 Å². The van der Waals surface area contributed by atoms with E-state index in [4.69, 9.17) is 11.6 Å². The van der Waals surface area contributed by atoms with E-state index in [9.17, 15) is 14.0 Å². The molecule has 114 valence electrons. The van der Waals surface area contributed by atoms with Crippen molar-refractivity contribution in [3.05, 3.63) is 70.0 Å². The number of hydrogen-bond donors (Lipinski definition) is 2. The molecule has 0 aliphatic heterocycles. The summed E-state index contributed by atoms with van der Waals surface area (Å²) >= 11 is 5.83. The Morgan fingerprint density at radius 1 is 1.09 bits per heavy atom. The molecule has 0 unspecified atom stereocenters. The molecule has 0 saturated carbocycles. The van der Waals surface area contributed by atoms with Crippen LogP contribution in [0.1, 0.15) is 26.3 Å². The molecule has 2 aromatic rings. The number of benzene rings is 2. The van der Waals surface area contributed by atoms with Crippen LogP contribution < -0.4 is 10.6 Å². The van der Waals surface area contributed by atoms with E-state index in [1.165, 1.54) is 12.1 Å². The molecule has 2 N–H and O–H groups in total. The molecule has 0 radical (unpaired) electrons. The molecule has 4 nitrogen and oxygen atoms in total. The molecule has 2 aromatic carbocycles. The first-order valence-corrected chi connectivity index (χ1v) is 6.93. The molecule has 0 heterocycles. The van der Waals surface area contributed by atoms with Gasteiger partial charge in [-0.2, -0.15) is 0 Å². The summed E-state index contributed by atoms with van der Waals surface area (Å²) in [5, 5.41) is 5.28. The summed E-state index contributed by atoms with van der Waals surface area (Å²) in [5.41, 5.74) is 1.59. The summed E-state index contributed by atoms with van der Waals surface area (Å²) in [6.07, 6.45) is 0. The normalized spacial score (nSPS) is 10.1. The van der Waals surface area contributed by atoms with Gasteiger partial charge in [0.05, 0.1) is 10.6 Å². The van der Waals surface area contributed by atoms with Crippen LogP contribution in [0, 0.1) is 5.82 Å². The van der Waals surface area contributed by atoms with Crippen molar-refractivity contribution < 1.29 is 14.0 Å². The molecule has 0 aliphatic carbocycles. The Labute approximate surface area is 132 Å². The topological polar surface area (TPSA) is 58.2 Å². The number of rotatable bonds is 4. The summed E-state index contributed by atoms with van der Waals surface area (Å²) in [6, 6.07) is 10.4. The number of halogens is 2. The van der Waals surface area contributed by atoms with E-state index in [0.29, 0.717) is 5.56 Å². The van der Waals surface area contributed by atoms with Gasteiger partial charge >= 0.3 is 0 Å². The maximum Gasteiger partial charge on any atom is 0.253 e. The molecular formula is C16H14ClFN2O2. The minimum atomic E-state index is -0.494. The quantitative estimate of drug-likeness (QED) is 0.910. The van der Waals surface area contributed by atoms with Crippen LogP contribution in [0.2, 0.25) is 5.02 Å². The van der Waals surface area contributed by atoms with Crippen molar-refractivity contribution in [3.8, 4) is 0 Å². The van der Waals surface area contributed by atoms with Gasteiger partial charge in [-0.1, -0.05) is 23.7 Å². The largest absolute Gasteiger partial charge is 0.355 e. The lowest BCUT2D eigenvalue weighted by Gasteiger charge is -2.07. The smallest absolute Gasteiger partial charge is 0.253 e. The van der Waals surface area contributed by atoms with Gasteiger partial charge in [0.2, 0.25) is 0 Å². The van der Waals surface area contributed by atoms with Crippen molar-refractivity contribution in [1.29, 1.82) is 0 Å². The van der Waals surface area contributed by atoms with E-state index in [1.807, 2.05) is 0 Å². The number of carbonyl (C=O) groups excluding carboxylic acids is 2. The second kappa shape index (κ2) is 7.04. The van der Waals surface area contributed by atoms with Crippen LogP contribution in [0.5, 0.6) is 0 Å². The third-order valence-corrected chi connectivity index (χ3v) is 3.38. The highest BCUT2D eigenvalue weighted by Gasteiger charge is 2.11. The molecule has 6 heteroatoms. The Kier molecular flexibility index (Phi) is 5.12. The number of carbonyl (C=O) groups is 2. The minimum Gasteiger partial charge on any atom is -0.355 e. The second-order valence-electron chi connectivity index (χ2n) is 4.58. The maximum absolute atomic E-state index is 12.9. The summed E-state index contributed by atoms with van der Waals surface area (Å²) in [7, 11) is 1.56. The van der Waals surface area contributed by atoms with Gasteiger partial charge in [-0.15, -0.1) is 0 Å². The van der Waals surface area contributed by atoms with E-state index >= 15 is 0 Å². The lowest BCUT2D eigenvalue weighted by molar-refractivity contribution is 0.0946. The number of nitrogens with one attached hydrogen (secondary N) is 2. The Balaban J connectivity index is 2.00. The van der Waals surface area contributed by atoms with Crippen LogP contribution >= 0.6 is 11.6 Å². The van der Waals surface area contributed by atoms with Crippen molar-refractivity contribution in [2.75, 3.05) is 7.05 Å². The Morgan fingerprint density at radius 3 is 2.36 bits per heavy atom. The van der Waals surface area contributed by atoms with Gasteiger partial charge in [-0.05, 0) is 35.9 Å². The Bertz CT molecular complexity index is 702. The standard InChI is InChI=1S/C16H14ClFN2O2/c1-19-15(21)11-4-2-10(3-5-11)9-20-16(22)13-7-6-12(18)8-14(13)17/h2-8H,9H2,1H3,(H,19,21)(H,20,22). The first-order chi connectivity index (χ1) is 10.5. The predicted octanol–water partition coefficient (Wildman–Crippen LogP) is 2.77. The summed E-state index contributed by atoms with van der Waals surface area (Å²) in [6.45, 7) is 0.278. The third-order valence-electron chi connectivity index (χ3n) is 3.07. The van der Waals surface area contributed by atoms with E-state index in [-0.39, 0.29) is 28.9 Å². The van der Waals surface area contributed by atoms with E-state index < -0.39 is 5.82 Å². The fraction of sp³-hybridized carbons (Fsp3) is 0.125. The maximum atomic E-state index is 12.9. The Morgan fingerprint density at radius 2 is 1.77 bits per heavy atom. The zero-order valence-electron chi connectivity index (χ0n) is 11.8.